The van der Waals surface area contributed by atoms with E-state index < -0.39 is 5.41 Å². The molecule has 0 aliphatic heterocycles. The Morgan fingerprint density at radius 1 is 0.284 bits per heavy atom. The Labute approximate surface area is 430 Å². The topological polar surface area (TPSA) is 14.8 Å². The standard InChI is InChI=1S/C71H51N3/c1-70(2,3)48-35-38-51(39-36-48)72-68-34-17-10-27-60(68)61-44-50(37-40-69(61)72)71(62-28-11-4-21-54(62)55-22-5-12-29-63(55)71)49-20-18-19-46(41-49)47-42-52(73-64-30-13-6-23-56(64)57-24-7-14-31-65(57)73)45-53(43-47)74-66-32-15-8-25-58(66)59-26-9-16-33-67(59)74/h4-45H,1-3H3. The van der Waals surface area contributed by atoms with Crippen LogP contribution in [0.5, 0.6) is 0 Å². The van der Waals surface area contributed by atoms with E-state index in [0.29, 0.717) is 0 Å². The number of benzene rings is 11. The molecule has 0 saturated heterocycles. The number of hydrogen-bond donors (Lipinski definition) is 0. The minimum atomic E-state index is -0.630. The predicted molar refractivity (Wildman–Crippen MR) is 311 cm³/mol. The number of nitrogens with zero attached hydrogens (tertiary/aromatic N) is 3. The first-order chi connectivity index (χ1) is 36.3. The zero-order valence-electron chi connectivity index (χ0n) is 41.6. The van der Waals surface area contributed by atoms with Gasteiger partial charge in [-0.15, -0.1) is 0 Å². The van der Waals surface area contributed by atoms with Gasteiger partial charge >= 0.3 is 0 Å². The molecule has 3 heterocycles. The summed E-state index contributed by atoms with van der Waals surface area (Å²) >= 11 is 0. The molecule has 3 nitrogen and oxygen atoms in total. The summed E-state index contributed by atoms with van der Waals surface area (Å²) in [5, 5.41) is 7.46. The van der Waals surface area contributed by atoms with Crippen molar-refractivity contribution in [1.82, 2.24) is 13.7 Å². The van der Waals surface area contributed by atoms with Crippen LogP contribution in [-0.2, 0) is 10.8 Å². The maximum atomic E-state index is 2.51. The number of aromatic nitrogens is 3. The minimum Gasteiger partial charge on any atom is -0.309 e. The Morgan fingerprint density at radius 2 is 0.689 bits per heavy atom. The summed E-state index contributed by atoms with van der Waals surface area (Å²) in [4.78, 5) is 0. The smallest absolute Gasteiger partial charge is 0.0714 e. The van der Waals surface area contributed by atoms with Crippen molar-refractivity contribution in [1.29, 1.82) is 0 Å². The van der Waals surface area contributed by atoms with Gasteiger partial charge in [0, 0.05) is 49.4 Å². The molecule has 0 amide bonds. The van der Waals surface area contributed by atoms with Crippen molar-refractivity contribution in [2.24, 2.45) is 0 Å². The van der Waals surface area contributed by atoms with Gasteiger partial charge in [0.25, 0.3) is 0 Å². The number of fused-ring (bicyclic) bond motifs is 12. The predicted octanol–water partition coefficient (Wildman–Crippen LogP) is 18.3. The maximum absolute atomic E-state index is 2.51. The van der Waals surface area contributed by atoms with Crippen LogP contribution in [0.2, 0.25) is 0 Å². The third-order valence-corrected chi connectivity index (χ3v) is 16.3. The summed E-state index contributed by atoms with van der Waals surface area (Å²) in [5.74, 6) is 0. The fourth-order valence-corrected chi connectivity index (χ4v) is 13.0. The fraction of sp³-hybridized carbons (Fsp3) is 0.0704. The third kappa shape index (κ3) is 6.07. The van der Waals surface area contributed by atoms with Crippen LogP contribution >= 0.6 is 0 Å². The van der Waals surface area contributed by atoms with E-state index in [2.05, 4.69) is 289 Å². The van der Waals surface area contributed by atoms with E-state index in [1.54, 1.807) is 0 Å². The molecule has 11 aromatic carbocycles. The van der Waals surface area contributed by atoms with Crippen molar-refractivity contribution >= 4 is 65.4 Å². The zero-order chi connectivity index (χ0) is 49.3. The van der Waals surface area contributed by atoms with Gasteiger partial charge in [-0.3, -0.25) is 0 Å². The van der Waals surface area contributed by atoms with Gasteiger partial charge in [-0.05, 0) is 134 Å². The lowest BCUT2D eigenvalue weighted by molar-refractivity contribution is 0.590. The summed E-state index contributed by atoms with van der Waals surface area (Å²) in [6, 6.07) is 95.6. The van der Waals surface area contributed by atoms with E-state index in [0.717, 1.165) is 22.5 Å². The molecule has 350 valence electrons. The zero-order valence-corrected chi connectivity index (χ0v) is 41.6. The van der Waals surface area contributed by atoms with Gasteiger partial charge in [-0.2, -0.15) is 0 Å². The Bertz CT molecular complexity index is 4300. The molecule has 1 aliphatic carbocycles. The molecule has 0 atom stereocenters. The van der Waals surface area contributed by atoms with Crippen LogP contribution in [0.15, 0.2) is 255 Å². The van der Waals surface area contributed by atoms with Crippen LogP contribution in [0.4, 0.5) is 0 Å². The van der Waals surface area contributed by atoms with Crippen molar-refractivity contribution < 1.29 is 0 Å². The average molecular weight is 946 g/mol. The fourth-order valence-electron chi connectivity index (χ4n) is 13.0. The van der Waals surface area contributed by atoms with Crippen molar-refractivity contribution in [2.45, 2.75) is 31.6 Å². The van der Waals surface area contributed by atoms with Crippen LogP contribution in [0.25, 0.3) is 105 Å². The molecule has 0 saturated carbocycles. The largest absolute Gasteiger partial charge is 0.309 e. The molecule has 0 N–H and O–H groups in total. The van der Waals surface area contributed by atoms with Gasteiger partial charge in [0.05, 0.1) is 38.5 Å². The summed E-state index contributed by atoms with van der Waals surface area (Å²) < 4.78 is 7.37. The van der Waals surface area contributed by atoms with Crippen molar-refractivity contribution in [3.63, 3.8) is 0 Å². The van der Waals surface area contributed by atoms with Gasteiger partial charge in [-0.1, -0.05) is 197 Å². The molecule has 3 heteroatoms. The minimum absolute atomic E-state index is 0.0670. The quantitative estimate of drug-likeness (QED) is 0.158. The highest BCUT2D eigenvalue weighted by molar-refractivity contribution is 6.12. The molecule has 0 bridgehead atoms. The lowest BCUT2D eigenvalue weighted by atomic mass is 9.67. The Morgan fingerprint density at radius 3 is 1.18 bits per heavy atom. The molecule has 0 fully saturated rings. The van der Waals surface area contributed by atoms with E-state index in [1.165, 1.54) is 110 Å². The molecule has 1 aliphatic rings. The van der Waals surface area contributed by atoms with Crippen LogP contribution < -0.4 is 0 Å². The van der Waals surface area contributed by atoms with Gasteiger partial charge in [0.15, 0.2) is 0 Å². The highest BCUT2D eigenvalue weighted by Crippen LogP contribution is 2.57. The highest BCUT2D eigenvalue weighted by atomic mass is 15.0. The van der Waals surface area contributed by atoms with E-state index >= 15 is 0 Å². The molecule has 74 heavy (non-hydrogen) atoms. The summed E-state index contributed by atoms with van der Waals surface area (Å²) in [6.45, 7) is 6.84. The van der Waals surface area contributed by atoms with Crippen molar-refractivity contribution in [2.75, 3.05) is 0 Å². The number of para-hydroxylation sites is 5. The second-order valence-corrected chi connectivity index (χ2v) is 21.3. The van der Waals surface area contributed by atoms with Crippen LogP contribution in [0, 0.1) is 0 Å². The molecular weight excluding hydrogens is 895 g/mol. The first kappa shape index (κ1) is 42.5. The lowest BCUT2D eigenvalue weighted by Crippen LogP contribution is -2.28. The first-order valence-corrected chi connectivity index (χ1v) is 25.9. The monoisotopic (exact) mass is 945 g/mol. The van der Waals surface area contributed by atoms with Crippen LogP contribution in [0.1, 0.15) is 48.6 Å². The normalized spacial score (nSPS) is 13.2. The maximum Gasteiger partial charge on any atom is 0.0714 e. The molecule has 0 radical (unpaired) electrons. The van der Waals surface area contributed by atoms with E-state index in [4.69, 9.17) is 0 Å². The lowest BCUT2D eigenvalue weighted by Gasteiger charge is -2.34. The van der Waals surface area contributed by atoms with Crippen molar-refractivity contribution in [3.05, 3.63) is 283 Å². The summed E-state index contributed by atoms with van der Waals surface area (Å²) in [5.41, 5.74) is 21.2. The van der Waals surface area contributed by atoms with E-state index in [1.807, 2.05) is 0 Å². The Hall–Kier alpha value is -9.18. The molecule has 3 aromatic heterocycles. The van der Waals surface area contributed by atoms with Gasteiger partial charge in [0.2, 0.25) is 0 Å². The molecule has 15 rings (SSSR count). The molecule has 14 aromatic rings. The summed E-state index contributed by atoms with van der Waals surface area (Å²) in [7, 11) is 0. The number of hydrogen-bond acceptors (Lipinski definition) is 0. The van der Waals surface area contributed by atoms with Gasteiger partial charge < -0.3 is 13.7 Å². The molecule has 0 unspecified atom stereocenters. The highest BCUT2D eigenvalue weighted by Gasteiger charge is 2.46. The SMILES string of the molecule is CC(C)(C)c1ccc(-n2c3ccccc3c3cc(C4(c5cccc(-c6cc(-n7c8ccccc8c8ccccc87)cc(-n7c8ccccc8c8ccccc87)c6)c5)c5ccccc5-c5ccccc54)ccc32)cc1. The van der Waals surface area contributed by atoms with Gasteiger partial charge in [0.1, 0.15) is 0 Å². The van der Waals surface area contributed by atoms with E-state index in [9.17, 15) is 0 Å². The van der Waals surface area contributed by atoms with Crippen LogP contribution in [0.3, 0.4) is 0 Å². The third-order valence-electron chi connectivity index (χ3n) is 16.3. The summed E-state index contributed by atoms with van der Waals surface area (Å²) in [6.07, 6.45) is 0. The number of rotatable bonds is 6. The van der Waals surface area contributed by atoms with Gasteiger partial charge in [-0.25, -0.2) is 0 Å². The first-order valence-electron chi connectivity index (χ1n) is 25.9. The second-order valence-electron chi connectivity index (χ2n) is 21.3. The van der Waals surface area contributed by atoms with Crippen molar-refractivity contribution in [3.8, 4) is 39.3 Å². The van der Waals surface area contributed by atoms with Crippen LogP contribution in [-0.4, -0.2) is 13.7 Å². The van der Waals surface area contributed by atoms with E-state index in [-0.39, 0.29) is 5.41 Å². The molecule has 0 spiro atoms. The second kappa shape index (κ2) is 15.9. The molecular formula is C71H51N3. The Balaban J connectivity index is 0.995. The average Bonchev–Trinajstić information content (AvgIpc) is 4.18. The Kier molecular flexibility index (Phi) is 9.14.